The number of hydrogen-bond acceptors (Lipinski definition) is 6. The van der Waals surface area contributed by atoms with Crippen LogP contribution < -0.4 is 20.3 Å². The van der Waals surface area contributed by atoms with E-state index in [2.05, 4.69) is 44.8 Å². The fourth-order valence-corrected chi connectivity index (χ4v) is 3.72. The first kappa shape index (κ1) is 21.6. The fraction of sp³-hybridized carbons (Fsp3) is 0.280. The predicted octanol–water partition coefficient (Wildman–Crippen LogP) is 4.16. The molecule has 0 spiro atoms. The van der Waals surface area contributed by atoms with Gasteiger partial charge in [-0.3, -0.25) is 4.79 Å². The average molecular weight is 433 g/mol. The second-order valence-electron chi connectivity index (χ2n) is 7.61. The van der Waals surface area contributed by atoms with E-state index in [0.29, 0.717) is 17.1 Å². The van der Waals surface area contributed by atoms with Gasteiger partial charge in [-0.15, -0.1) is 0 Å². The second-order valence-corrected chi connectivity index (χ2v) is 7.61. The van der Waals surface area contributed by atoms with Crippen LogP contribution in [0.4, 0.5) is 17.2 Å². The van der Waals surface area contributed by atoms with E-state index in [1.54, 1.807) is 25.4 Å². The maximum absolute atomic E-state index is 13.1. The molecule has 0 bridgehead atoms. The van der Waals surface area contributed by atoms with Crippen LogP contribution in [0.1, 0.15) is 28.9 Å². The Hall–Kier alpha value is -3.58. The summed E-state index contributed by atoms with van der Waals surface area (Å²) < 4.78 is 10.8. The van der Waals surface area contributed by atoms with Gasteiger partial charge in [0.2, 0.25) is 0 Å². The predicted molar refractivity (Wildman–Crippen MR) is 126 cm³/mol. The Morgan fingerprint density at radius 2 is 1.81 bits per heavy atom. The van der Waals surface area contributed by atoms with Gasteiger partial charge >= 0.3 is 0 Å². The first-order chi connectivity index (χ1) is 15.7. The SMILES string of the molecule is COc1ccccc1Nc1ncccc1C(=O)NC(C)c1ccc(N2CCOCC2)cc1. The molecule has 0 radical (unpaired) electrons. The van der Waals surface area contributed by atoms with Crippen LogP contribution in [0.3, 0.4) is 0 Å². The third-order valence-electron chi connectivity index (χ3n) is 5.53. The quantitative estimate of drug-likeness (QED) is 0.584. The lowest BCUT2D eigenvalue weighted by molar-refractivity contribution is 0.0940. The van der Waals surface area contributed by atoms with Gasteiger partial charge in [0.1, 0.15) is 11.6 Å². The van der Waals surface area contributed by atoms with Crippen molar-refractivity contribution in [3.05, 3.63) is 78.0 Å². The minimum atomic E-state index is -0.194. The molecule has 7 nitrogen and oxygen atoms in total. The summed E-state index contributed by atoms with van der Waals surface area (Å²) >= 11 is 0. The first-order valence-corrected chi connectivity index (χ1v) is 10.7. The largest absolute Gasteiger partial charge is 0.495 e. The third-order valence-corrected chi connectivity index (χ3v) is 5.53. The summed E-state index contributed by atoms with van der Waals surface area (Å²) in [6, 6.07) is 19.2. The highest BCUT2D eigenvalue weighted by Gasteiger charge is 2.17. The summed E-state index contributed by atoms with van der Waals surface area (Å²) in [6.45, 7) is 5.28. The van der Waals surface area contributed by atoms with Gasteiger partial charge < -0.3 is 25.0 Å². The molecule has 2 heterocycles. The summed E-state index contributed by atoms with van der Waals surface area (Å²) in [5.41, 5.74) is 3.43. The number of nitrogens with one attached hydrogen (secondary N) is 2. The van der Waals surface area contributed by atoms with Gasteiger partial charge in [-0.25, -0.2) is 4.98 Å². The number of ether oxygens (including phenoxy) is 2. The van der Waals surface area contributed by atoms with Crippen LogP contribution in [0.2, 0.25) is 0 Å². The summed E-state index contributed by atoms with van der Waals surface area (Å²) in [5.74, 6) is 0.961. The molecule has 1 amide bonds. The first-order valence-electron chi connectivity index (χ1n) is 10.7. The number of nitrogens with zero attached hydrogens (tertiary/aromatic N) is 2. The van der Waals surface area contributed by atoms with Crippen molar-refractivity contribution in [2.75, 3.05) is 43.6 Å². The van der Waals surface area contributed by atoms with Crippen molar-refractivity contribution in [2.24, 2.45) is 0 Å². The fourth-order valence-electron chi connectivity index (χ4n) is 3.72. The van der Waals surface area contributed by atoms with Crippen LogP contribution in [-0.4, -0.2) is 44.3 Å². The van der Waals surface area contributed by atoms with E-state index >= 15 is 0 Å². The minimum Gasteiger partial charge on any atom is -0.495 e. The number of benzene rings is 2. The Morgan fingerprint density at radius 3 is 2.56 bits per heavy atom. The van der Waals surface area contributed by atoms with Crippen molar-refractivity contribution in [3.63, 3.8) is 0 Å². The van der Waals surface area contributed by atoms with Gasteiger partial charge in [0, 0.05) is 25.0 Å². The normalized spacial score (nSPS) is 14.5. The number of anilines is 3. The van der Waals surface area contributed by atoms with Crippen LogP contribution in [0.5, 0.6) is 5.75 Å². The molecule has 1 atom stereocenters. The molecule has 2 aromatic carbocycles. The number of para-hydroxylation sites is 2. The van der Waals surface area contributed by atoms with Gasteiger partial charge in [0.15, 0.2) is 0 Å². The topological polar surface area (TPSA) is 75.7 Å². The summed E-state index contributed by atoms with van der Waals surface area (Å²) in [7, 11) is 1.61. The second kappa shape index (κ2) is 10.2. The molecule has 1 aromatic heterocycles. The molecule has 1 aliphatic heterocycles. The number of methoxy groups -OCH3 is 1. The Bertz CT molecular complexity index is 1050. The average Bonchev–Trinajstić information content (AvgIpc) is 2.85. The Morgan fingerprint density at radius 1 is 1.06 bits per heavy atom. The molecule has 2 N–H and O–H groups in total. The maximum Gasteiger partial charge on any atom is 0.255 e. The van der Waals surface area contributed by atoms with Crippen LogP contribution >= 0.6 is 0 Å². The molecule has 1 fully saturated rings. The molecule has 32 heavy (non-hydrogen) atoms. The smallest absolute Gasteiger partial charge is 0.255 e. The van der Waals surface area contributed by atoms with Crippen molar-refractivity contribution >= 4 is 23.1 Å². The molecule has 0 aliphatic carbocycles. The van der Waals surface area contributed by atoms with Crippen LogP contribution in [0, 0.1) is 0 Å². The number of rotatable bonds is 7. The number of aromatic nitrogens is 1. The highest BCUT2D eigenvalue weighted by Crippen LogP contribution is 2.28. The van der Waals surface area contributed by atoms with Gasteiger partial charge in [-0.2, -0.15) is 0 Å². The van der Waals surface area contributed by atoms with Crippen molar-refractivity contribution in [1.82, 2.24) is 10.3 Å². The van der Waals surface area contributed by atoms with Crippen molar-refractivity contribution in [1.29, 1.82) is 0 Å². The molecule has 7 heteroatoms. The monoisotopic (exact) mass is 432 g/mol. The number of hydrogen-bond donors (Lipinski definition) is 2. The summed E-state index contributed by atoms with van der Waals surface area (Å²) in [6.07, 6.45) is 1.66. The molecule has 166 valence electrons. The number of carbonyl (C=O) groups excluding carboxylic acids is 1. The number of morpholine rings is 1. The van der Waals surface area contributed by atoms with E-state index in [-0.39, 0.29) is 11.9 Å². The zero-order chi connectivity index (χ0) is 22.3. The van der Waals surface area contributed by atoms with Crippen LogP contribution in [0.15, 0.2) is 66.9 Å². The molecule has 1 unspecified atom stereocenters. The van der Waals surface area contributed by atoms with Gasteiger partial charge in [-0.1, -0.05) is 24.3 Å². The summed E-state index contributed by atoms with van der Waals surface area (Å²) in [4.78, 5) is 19.7. The summed E-state index contributed by atoms with van der Waals surface area (Å²) in [5, 5.41) is 6.30. The minimum absolute atomic E-state index is 0.152. The Balaban J connectivity index is 1.46. The number of amides is 1. The molecular formula is C25H28N4O3. The lowest BCUT2D eigenvalue weighted by atomic mass is 10.1. The van der Waals surface area contributed by atoms with E-state index in [9.17, 15) is 4.79 Å². The molecule has 1 aliphatic rings. The number of pyridine rings is 1. The van der Waals surface area contributed by atoms with E-state index in [1.807, 2.05) is 31.2 Å². The maximum atomic E-state index is 13.1. The van der Waals surface area contributed by atoms with Crippen LogP contribution in [-0.2, 0) is 4.74 Å². The van der Waals surface area contributed by atoms with Gasteiger partial charge in [0.05, 0.1) is 37.6 Å². The van der Waals surface area contributed by atoms with E-state index in [4.69, 9.17) is 9.47 Å². The highest BCUT2D eigenvalue weighted by atomic mass is 16.5. The van der Waals surface area contributed by atoms with E-state index in [1.165, 1.54) is 5.69 Å². The third kappa shape index (κ3) is 5.00. The molecule has 4 rings (SSSR count). The zero-order valence-corrected chi connectivity index (χ0v) is 18.4. The lowest BCUT2D eigenvalue weighted by Crippen LogP contribution is -2.36. The highest BCUT2D eigenvalue weighted by molar-refractivity contribution is 5.99. The van der Waals surface area contributed by atoms with Crippen molar-refractivity contribution in [3.8, 4) is 5.75 Å². The van der Waals surface area contributed by atoms with E-state index < -0.39 is 0 Å². The molecule has 1 saturated heterocycles. The standard InChI is InChI=1S/C25H28N4O3/c1-18(19-9-11-20(12-10-19)29-14-16-32-17-15-29)27-25(30)21-6-5-13-26-24(21)28-22-7-3-4-8-23(22)31-2/h3-13,18H,14-17H2,1-2H3,(H,26,28)(H,27,30). The van der Waals surface area contributed by atoms with Gasteiger partial charge in [-0.05, 0) is 48.9 Å². The van der Waals surface area contributed by atoms with Gasteiger partial charge in [0.25, 0.3) is 5.91 Å². The van der Waals surface area contributed by atoms with E-state index in [0.717, 1.165) is 37.6 Å². The van der Waals surface area contributed by atoms with Crippen LogP contribution in [0.25, 0.3) is 0 Å². The van der Waals surface area contributed by atoms with Crippen molar-refractivity contribution in [2.45, 2.75) is 13.0 Å². The molecule has 0 saturated carbocycles. The lowest BCUT2D eigenvalue weighted by Gasteiger charge is -2.29. The van der Waals surface area contributed by atoms with Crippen molar-refractivity contribution < 1.29 is 14.3 Å². The Kier molecular flexibility index (Phi) is 6.87. The molecule has 3 aromatic rings. The zero-order valence-electron chi connectivity index (χ0n) is 18.4. The number of carbonyl (C=O) groups is 1. The molecular weight excluding hydrogens is 404 g/mol. The Labute approximate surface area is 188 Å².